The van der Waals surface area contributed by atoms with Crippen LogP contribution < -0.4 is 0 Å². The van der Waals surface area contributed by atoms with Crippen LogP contribution in [0.2, 0.25) is 0 Å². The highest BCUT2D eigenvalue weighted by molar-refractivity contribution is 5.41. The molecule has 0 atom stereocenters. The van der Waals surface area contributed by atoms with Crippen molar-refractivity contribution in [1.29, 1.82) is 0 Å². The molecule has 5 nitrogen and oxygen atoms in total. The first-order valence-corrected chi connectivity index (χ1v) is 5.52. The number of rotatable bonds is 3. The van der Waals surface area contributed by atoms with E-state index in [-0.39, 0.29) is 5.69 Å². The number of hydrogen-bond acceptors (Lipinski definition) is 4. The number of nitro benzene ring substituents is 1. The Hall–Kier alpha value is -2.00. The highest BCUT2D eigenvalue weighted by Gasteiger charge is 2.35. The second kappa shape index (κ2) is 4.47. The van der Waals surface area contributed by atoms with E-state index in [0.717, 1.165) is 31.2 Å². The zero-order valence-electron chi connectivity index (χ0n) is 9.26. The SMILES string of the molecule is O=C=NC1(c2ccc([N+](=O)[O-])cc2)CCCC1. The number of benzene rings is 1. The molecular formula is C12H12N2O3. The van der Waals surface area contributed by atoms with E-state index in [4.69, 9.17) is 0 Å². The number of nitro groups is 1. The molecule has 0 N–H and O–H groups in total. The van der Waals surface area contributed by atoms with Gasteiger partial charge in [0.05, 0.1) is 10.5 Å². The quantitative estimate of drug-likeness (QED) is 0.348. The molecule has 1 aliphatic rings. The molecule has 1 aromatic rings. The van der Waals surface area contributed by atoms with Crippen molar-refractivity contribution < 1.29 is 9.72 Å². The average molecular weight is 232 g/mol. The van der Waals surface area contributed by atoms with Crippen LogP contribution in [0.1, 0.15) is 31.2 Å². The highest BCUT2D eigenvalue weighted by Crippen LogP contribution is 2.42. The molecule has 1 aromatic carbocycles. The fourth-order valence-corrected chi connectivity index (χ4v) is 2.41. The summed E-state index contributed by atoms with van der Waals surface area (Å²) in [6.07, 6.45) is 5.27. The van der Waals surface area contributed by atoms with E-state index in [1.165, 1.54) is 12.1 Å². The Kier molecular flexibility index (Phi) is 3.02. The average Bonchev–Trinajstić information content (AvgIpc) is 2.79. The minimum absolute atomic E-state index is 0.0528. The number of hydrogen-bond donors (Lipinski definition) is 0. The molecule has 0 aromatic heterocycles. The van der Waals surface area contributed by atoms with Gasteiger partial charge >= 0.3 is 0 Å². The van der Waals surface area contributed by atoms with Crippen molar-refractivity contribution in [2.75, 3.05) is 0 Å². The first-order chi connectivity index (χ1) is 8.18. The number of isocyanates is 1. The van der Waals surface area contributed by atoms with Gasteiger partial charge in [0.2, 0.25) is 6.08 Å². The molecule has 0 amide bonds. The summed E-state index contributed by atoms with van der Waals surface area (Å²) in [5.41, 5.74) is 0.414. The Bertz CT molecular complexity index is 469. The zero-order valence-corrected chi connectivity index (χ0v) is 9.26. The Labute approximate surface area is 98.3 Å². The van der Waals surface area contributed by atoms with Gasteiger partial charge in [-0.1, -0.05) is 12.8 Å². The summed E-state index contributed by atoms with van der Waals surface area (Å²) < 4.78 is 0. The molecule has 0 heterocycles. The maximum Gasteiger partial charge on any atom is 0.269 e. The van der Waals surface area contributed by atoms with Crippen LogP contribution in [0, 0.1) is 10.1 Å². The van der Waals surface area contributed by atoms with Crippen molar-refractivity contribution in [3.05, 3.63) is 39.9 Å². The Balaban J connectivity index is 2.37. The topological polar surface area (TPSA) is 72.6 Å². The standard InChI is InChI=1S/C12H12N2O3/c15-9-13-12(7-1-2-8-12)10-3-5-11(6-4-10)14(16)17/h3-6H,1-2,7-8H2. The summed E-state index contributed by atoms with van der Waals surface area (Å²) in [7, 11) is 0. The largest absolute Gasteiger partial charge is 0.269 e. The highest BCUT2D eigenvalue weighted by atomic mass is 16.6. The fourth-order valence-electron chi connectivity index (χ4n) is 2.41. The monoisotopic (exact) mass is 232 g/mol. The third kappa shape index (κ3) is 2.10. The molecule has 0 spiro atoms. The van der Waals surface area contributed by atoms with E-state index in [1.54, 1.807) is 18.2 Å². The molecule has 1 saturated carbocycles. The van der Waals surface area contributed by atoms with Crippen LogP contribution in [0.15, 0.2) is 29.3 Å². The molecular weight excluding hydrogens is 220 g/mol. The summed E-state index contributed by atoms with van der Waals surface area (Å²) in [4.78, 5) is 24.6. The molecule has 0 aliphatic heterocycles. The van der Waals surface area contributed by atoms with E-state index in [2.05, 4.69) is 4.99 Å². The normalized spacial score (nSPS) is 17.4. The van der Waals surface area contributed by atoms with Gasteiger partial charge in [0.25, 0.3) is 5.69 Å². The summed E-state index contributed by atoms with van der Waals surface area (Å²) in [5, 5.41) is 10.6. The molecule has 0 unspecified atom stereocenters. The van der Waals surface area contributed by atoms with Crippen LogP contribution in [0.3, 0.4) is 0 Å². The van der Waals surface area contributed by atoms with Gasteiger partial charge in [-0.2, -0.15) is 4.99 Å². The Morgan fingerprint density at radius 3 is 2.29 bits per heavy atom. The lowest BCUT2D eigenvalue weighted by Gasteiger charge is -2.22. The van der Waals surface area contributed by atoms with Crippen molar-refractivity contribution in [3.8, 4) is 0 Å². The predicted molar refractivity (Wildman–Crippen MR) is 61.4 cm³/mol. The lowest BCUT2D eigenvalue weighted by Crippen LogP contribution is -2.18. The fraction of sp³-hybridized carbons (Fsp3) is 0.417. The van der Waals surface area contributed by atoms with Crippen LogP contribution in [0.4, 0.5) is 5.69 Å². The number of non-ortho nitro benzene ring substituents is 1. The first-order valence-electron chi connectivity index (χ1n) is 5.52. The molecule has 17 heavy (non-hydrogen) atoms. The van der Waals surface area contributed by atoms with Crippen LogP contribution >= 0.6 is 0 Å². The summed E-state index contributed by atoms with van der Waals surface area (Å²) in [6.45, 7) is 0. The van der Waals surface area contributed by atoms with Gasteiger partial charge in [0.15, 0.2) is 0 Å². The second-order valence-electron chi connectivity index (χ2n) is 4.25. The summed E-state index contributed by atoms with van der Waals surface area (Å²) >= 11 is 0. The second-order valence-corrected chi connectivity index (χ2v) is 4.25. The maximum atomic E-state index is 10.6. The van der Waals surface area contributed by atoms with E-state index >= 15 is 0 Å². The number of aliphatic imine (C=N–C) groups is 1. The molecule has 0 radical (unpaired) electrons. The number of carbonyl (C=O) groups excluding carboxylic acids is 1. The van der Waals surface area contributed by atoms with Gasteiger partial charge in [-0.15, -0.1) is 0 Å². The van der Waals surface area contributed by atoms with Gasteiger partial charge in [-0.3, -0.25) is 10.1 Å². The third-order valence-electron chi connectivity index (χ3n) is 3.31. The third-order valence-corrected chi connectivity index (χ3v) is 3.31. The smallest absolute Gasteiger partial charge is 0.258 e. The van der Waals surface area contributed by atoms with Crippen molar-refractivity contribution in [1.82, 2.24) is 0 Å². The minimum Gasteiger partial charge on any atom is -0.258 e. The summed E-state index contributed by atoms with van der Waals surface area (Å²) in [5.74, 6) is 0. The van der Waals surface area contributed by atoms with Gasteiger partial charge in [0.1, 0.15) is 0 Å². The Morgan fingerprint density at radius 2 is 1.82 bits per heavy atom. The molecule has 1 fully saturated rings. The first kappa shape index (κ1) is 11.5. The van der Waals surface area contributed by atoms with E-state index in [0.29, 0.717) is 0 Å². The molecule has 88 valence electrons. The van der Waals surface area contributed by atoms with Crippen molar-refractivity contribution in [2.24, 2.45) is 4.99 Å². The van der Waals surface area contributed by atoms with Gasteiger partial charge in [-0.05, 0) is 30.5 Å². The predicted octanol–water partition coefficient (Wildman–Crippen LogP) is 2.70. The maximum absolute atomic E-state index is 10.6. The molecule has 0 saturated heterocycles. The van der Waals surface area contributed by atoms with Gasteiger partial charge in [-0.25, -0.2) is 4.79 Å². The lowest BCUT2D eigenvalue weighted by atomic mass is 9.89. The van der Waals surface area contributed by atoms with Crippen molar-refractivity contribution in [3.63, 3.8) is 0 Å². The molecule has 2 rings (SSSR count). The lowest BCUT2D eigenvalue weighted by molar-refractivity contribution is -0.384. The van der Waals surface area contributed by atoms with E-state index in [1.807, 2.05) is 0 Å². The minimum atomic E-state index is -0.503. The van der Waals surface area contributed by atoms with Crippen LogP contribution in [-0.2, 0) is 10.3 Å². The summed E-state index contributed by atoms with van der Waals surface area (Å²) in [6, 6.07) is 6.28. The Morgan fingerprint density at radius 1 is 1.24 bits per heavy atom. The molecule has 1 aliphatic carbocycles. The zero-order chi connectivity index (χ0) is 12.3. The van der Waals surface area contributed by atoms with Crippen LogP contribution in [-0.4, -0.2) is 11.0 Å². The van der Waals surface area contributed by atoms with Gasteiger partial charge < -0.3 is 0 Å². The van der Waals surface area contributed by atoms with Gasteiger partial charge in [0, 0.05) is 12.1 Å². The number of nitrogens with zero attached hydrogens (tertiary/aromatic N) is 2. The van der Waals surface area contributed by atoms with E-state index in [9.17, 15) is 14.9 Å². The van der Waals surface area contributed by atoms with Crippen LogP contribution in [0.25, 0.3) is 0 Å². The van der Waals surface area contributed by atoms with E-state index < -0.39 is 10.5 Å². The van der Waals surface area contributed by atoms with Crippen molar-refractivity contribution in [2.45, 2.75) is 31.2 Å². The van der Waals surface area contributed by atoms with Crippen molar-refractivity contribution >= 4 is 11.8 Å². The van der Waals surface area contributed by atoms with Crippen LogP contribution in [0.5, 0.6) is 0 Å². The molecule has 0 bridgehead atoms. The molecule has 5 heteroatoms.